The van der Waals surface area contributed by atoms with Crippen LogP contribution in [0, 0.1) is 5.92 Å². The second-order valence-corrected chi connectivity index (χ2v) is 5.66. The number of nitrogens with one attached hydrogen (secondary N) is 4. The minimum atomic E-state index is -0.690. The van der Waals surface area contributed by atoms with Gasteiger partial charge in [0.25, 0.3) is 11.5 Å². The van der Waals surface area contributed by atoms with Gasteiger partial charge in [0, 0.05) is 23.9 Å². The molecular formula is C16H18N4O4. The van der Waals surface area contributed by atoms with Crippen molar-refractivity contribution < 1.29 is 9.59 Å². The zero-order valence-electron chi connectivity index (χ0n) is 13.3. The second-order valence-electron chi connectivity index (χ2n) is 5.66. The van der Waals surface area contributed by atoms with Crippen molar-refractivity contribution in [1.82, 2.24) is 9.97 Å². The SMILES string of the molecule is CC(C)CC(=O)Nc1ccc(C(=O)Nc2c[nH]c(=O)[nH]c2=O)cc1. The van der Waals surface area contributed by atoms with Gasteiger partial charge >= 0.3 is 5.69 Å². The highest BCUT2D eigenvalue weighted by atomic mass is 16.2. The number of benzene rings is 1. The maximum atomic E-state index is 12.1. The van der Waals surface area contributed by atoms with Crippen LogP contribution < -0.4 is 21.9 Å². The largest absolute Gasteiger partial charge is 0.326 e. The quantitative estimate of drug-likeness (QED) is 0.659. The van der Waals surface area contributed by atoms with Gasteiger partial charge in [0.1, 0.15) is 5.69 Å². The number of hydrogen-bond acceptors (Lipinski definition) is 4. The fourth-order valence-corrected chi connectivity index (χ4v) is 1.98. The fraction of sp³-hybridized carbons (Fsp3) is 0.250. The summed E-state index contributed by atoms with van der Waals surface area (Å²) in [6.07, 6.45) is 1.54. The van der Waals surface area contributed by atoms with E-state index in [1.54, 1.807) is 12.1 Å². The van der Waals surface area contributed by atoms with Crippen molar-refractivity contribution in [2.24, 2.45) is 5.92 Å². The summed E-state index contributed by atoms with van der Waals surface area (Å²) in [5.74, 6) is -0.347. The lowest BCUT2D eigenvalue weighted by Gasteiger charge is -2.08. The van der Waals surface area contributed by atoms with Crippen LogP contribution in [-0.4, -0.2) is 21.8 Å². The Bertz CT molecular complexity index is 849. The standard InChI is InChI=1S/C16H18N4O4/c1-9(2)7-13(21)18-11-5-3-10(4-6-11)14(22)19-12-8-17-16(24)20-15(12)23/h3-6,8-9H,7H2,1-2H3,(H,18,21)(H,19,22)(H2,17,20,23,24). The van der Waals surface area contributed by atoms with Crippen molar-refractivity contribution in [1.29, 1.82) is 0 Å². The van der Waals surface area contributed by atoms with Crippen LogP contribution in [-0.2, 0) is 4.79 Å². The molecule has 24 heavy (non-hydrogen) atoms. The molecule has 1 heterocycles. The molecular weight excluding hydrogens is 312 g/mol. The third-order valence-corrected chi connectivity index (χ3v) is 3.09. The molecule has 0 aliphatic rings. The summed E-state index contributed by atoms with van der Waals surface area (Å²) >= 11 is 0. The Morgan fingerprint density at radius 3 is 2.33 bits per heavy atom. The zero-order valence-corrected chi connectivity index (χ0v) is 13.3. The van der Waals surface area contributed by atoms with E-state index >= 15 is 0 Å². The number of rotatable bonds is 5. The lowest BCUT2D eigenvalue weighted by Crippen LogP contribution is -2.26. The first kappa shape index (κ1) is 17.2. The molecule has 126 valence electrons. The molecule has 0 radical (unpaired) electrons. The molecule has 1 aromatic carbocycles. The summed E-state index contributed by atoms with van der Waals surface area (Å²) in [5.41, 5.74) is -0.514. The molecule has 0 bridgehead atoms. The van der Waals surface area contributed by atoms with Crippen molar-refractivity contribution >= 4 is 23.2 Å². The summed E-state index contributed by atoms with van der Waals surface area (Å²) in [6.45, 7) is 3.90. The normalized spacial score (nSPS) is 10.5. The van der Waals surface area contributed by atoms with Gasteiger partial charge < -0.3 is 15.6 Å². The molecule has 2 rings (SSSR count). The van der Waals surface area contributed by atoms with E-state index in [0.717, 1.165) is 6.20 Å². The first-order valence-electron chi connectivity index (χ1n) is 7.38. The van der Waals surface area contributed by atoms with Crippen LogP contribution in [0.3, 0.4) is 0 Å². The van der Waals surface area contributed by atoms with Crippen molar-refractivity contribution in [3.05, 3.63) is 56.9 Å². The summed E-state index contributed by atoms with van der Waals surface area (Å²) in [6, 6.07) is 6.26. The third-order valence-electron chi connectivity index (χ3n) is 3.09. The predicted octanol–water partition coefficient (Wildman–Crippen LogP) is 1.30. The second kappa shape index (κ2) is 7.40. The molecule has 4 N–H and O–H groups in total. The first-order valence-corrected chi connectivity index (χ1v) is 7.38. The number of hydrogen-bond donors (Lipinski definition) is 4. The lowest BCUT2D eigenvalue weighted by molar-refractivity contribution is -0.116. The smallest absolute Gasteiger partial charge is 0.325 e. The fourth-order valence-electron chi connectivity index (χ4n) is 1.98. The third kappa shape index (κ3) is 4.67. The van der Waals surface area contributed by atoms with Gasteiger partial charge in [-0.15, -0.1) is 0 Å². The molecule has 0 aliphatic carbocycles. The number of amides is 2. The highest BCUT2D eigenvalue weighted by Crippen LogP contribution is 2.12. The molecule has 0 fully saturated rings. The molecule has 2 aromatic rings. The van der Waals surface area contributed by atoms with E-state index in [0.29, 0.717) is 17.7 Å². The van der Waals surface area contributed by atoms with Crippen molar-refractivity contribution in [3.8, 4) is 0 Å². The van der Waals surface area contributed by atoms with Gasteiger partial charge in [-0.25, -0.2) is 4.79 Å². The van der Waals surface area contributed by atoms with Crippen LogP contribution in [0.25, 0.3) is 0 Å². The van der Waals surface area contributed by atoms with Crippen LogP contribution in [0.5, 0.6) is 0 Å². The maximum absolute atomic E-state index is 12.1. The van der Waals surface area contributed by atoms with Gasteiger partial charge in [-0.3, -0.25) is 19.4 Å². The minimum Gasteiger partial charge on any atom is -0.326 e. The van der Waals surface area contributed by atoms with Crippen molar-refractivity contribution in [3.63, 3.8) is 0 Å². The number of carbonyl (C=O) groups is 2. The molecule has 0 atom stereocenters. The van der Waals surface area contributed by atoms with E-state index in [1.165, 1.54) is 12.1 Å². The van der Waals surface area contributed by atoms with Gasteiger partial charge in [-0.1, -0.05) is 13.8 Å². The summed E-state index contributed by atoms with van der Waals surface area (Å²) in [5, 5.41) is 5.14. The summed E-state index contributed by atoms with van der Waals surface area (Å²) in [4.78, 5) is 50.5. The van der Waals surface area contributed by atoms with Gasteiger partial charge in [0.05, 0.1) is 0 Å². The van der Waals surface area contributed by atoms with E-state index in [1.807, 2.05) is 18.8 Å². The van der Waals surface area contributed by atoms with Crippen LogP contribution in [0.2, 0.25) is 0 Å². The van der Waals surface area contributed by atoms with Crippen molar-refractivity contribution in [2.75, 3.05) is 10.6 Å². The molecule has 8 heteroatoms. The summed E-state index contributed by atoms with van der Waals surface area (Å²) in [7, 11) is 0. The molecule has 0 aliphatic heterocycles. The van der Waals surface area contributed by atoms with Crippen LogP contribution >= 0.6 is 0 Å². The molecule has 2 amide bonds. The molecule has 8 nitrogen and oxygen atoms in total. The summed E-state index contributed by atoms with van der Waals surface area (Å²) < 4.78 is 0. The Morgan fingerprint density at radius 2 is 1.75 bits per heavy atom. The highest BCUT2D eigenvalue weighted by Gasteiger charge is 2.10. The number of aromatic amines is 2. The number of H-pyrrole nitrogens is 2. The molecule has 0 saturated carbocycles. The molecule has 1 aromatic heterocycles. The molecule has 0 unspecified atom stereocenters. The monoisotopic (exact) mass is 330 g/mol. The Hall–Kier alpha value is -3.16. The predicted molar refractivity (Wildman–Crippen MR) is 90.2 cm³/mol. The number of anilines is 2. The first-order chi connectivity index (χ1) is 11.3. The average Bonchev–Trinajstić information content (AvgIpc) is 2.50. The minimum absolute atomic E-state index is 0.0612. The van der Waals surface area contributed by atoms with E-state index in [2.05, 4.69) is 15.6 Å². The van der Waals surface area contributed by atoms with Gasteiger partial charge in [-0.05, 0) is 30.2 Å². The Labute approximate surface area is 137 Å². The zero-order chi connectivity index (χ0) is 17.7. The highest BCUT2D eigenvalue weighted by molar-refractivity contribution is 6.04. The van der Waals surface area contributed by atoms with Gasteiger partial charge in [0.15, 0.2) is 0 Å². The Balaban J connectivity index is 2.04. The van der Waals surface area contributed by atoms with E-state index < -0.39 is 17.2 Å². The lowest BCUT2D eigenvalue weighted by atomic mass is 10.1. The van der Waals surface area contributed by atoms with E-state index in [9.17, 15) is 19.2 Å². The topological polar surface area (TPSA) is 124 Å². The number of aromatic nitrogens is 2. The van der Waals surface area contributed by atoms with Crippen LogP contribution in [0.4, 0.5) is 11.4 Å². The molecule has 0 saturated heterocycles. The number of carbonyl (C=O) groups excluding carboxylic acids is 2. The Kier molecular flexibility index (Phi) is 5.31. The molecule has 0 spiro atoms. The van der Waals surface area contributed by atoms with Crippen LogP contribution in [0.1, 0.15) is 30.6 Å². The van der Waals surface area contributed by atoms with Crippen LogP contribution in [0.15, 0.2) is 40.1 Å². The van der Waals surface area contributed by atoms with Gasteiger partial charge in [-0.2, -0.15) is 0 Å². The van der Waals surface area contributed by atoms with E-state index in [-0.39, 0.29) is 17.5 Å². The Morgan fingerprint density at radius 1 is 1.08 bits per heavy atom. The average molecular weight is 330 g/mol. The van der Waals surface area contributed by atoms with Gasteiger partial charge in [0.2, 0.25) is 5.91 Å². The maximum Gasteiger partial charge on any atom is 0.325 e. The van der Waals surface area contributed by atoms with Crippen molar-refractivity contribution in [2.45, 2.75) is 20.3 Å². The van der Waals surface area contributed by atoms with E-state index in [4.69, 9.17) is 0 Å².